The highest BCUT2D eigenvalue weighted by molar-refractivity contribution is 7.78. The molecule has 0 bridgehead atoms. The number of nitrogens with zero attached hydrogens (tertiary/aromatic N) is 1. The average molecular weight is 278 g/mol. The molecule has 0 unspecified atom stereocenters. The first kappa shape index (κ1) is 13.7. The summed E-state index contributed by atoms with van der Waals surface area (Å²) in [4.78, 5) is 16.0. The van der Waals surface area contributed by atoms with E-state index >= 15 is 0 Å². The van der Waals surface area contributed by atoms with Crippen molar-refractivity contribution in [2.45, 2.75) is 0 Å². The number of carbonyl (C=O) groups excluding carboxylic acids is 1. The zero-order valence-electron chi connectivity index (χ0n) is 10.5. The highest BCUT2D eigenvalue weighted by Crippen LogP contribution is 2.16. The Morgan fingerprint density at radius 2 is 2.00 bits per heavy atom. The van der Waals surface area contributed by atoms with E-state index in [4.69, 9.17) is 6.42 Å². The molecule has 0 atom stereocenters. The molecule has 2 rings (SSSR count). The van der Waals surface area contributed by atoms with Crippen LogP contribution < -0.4 is 5.32 Å². The number of nitrogens with one attached hydrogen (secondary N) is 1. The van der Waals surface area contributed by atoms with E-state index in [-0.39, 0.29) is 5.91 Å². The number of amides is 1. The molecule has 2 aromatic rings. The van der Waals surface area contributed by atoms with Crippen LogP contribution in [0.3, 0.4) is 0 Å². The van der Waals surface area contributed by atoms with Crippen molar-refractivity contribution in [1.29, 1.82) is 0 Å². The highest BCUT2D eigenvalue weighted by atomic mass is 32.1. The second-order valence-corrected chi connectivity index (χ2v) is 4.12. The number of anilines is 1. The van der Waals surface area contributed by atoms with Crippen molar-refractivity contribution in [3.05, 3.63) is 59.7 Å². The van der Waals surface area contributed by atoms with Gasteiger partial charge in [-0.05, 0) is 48.6 Å². The van der Waals surface area contributed by atoms with Crippen LogP contribution in [-0.4, -0.2) is 11.1 Å². The number of benzene rings is 2. The predicted octanol–water partition coefficient (Wildman–Crippen LogP) is 3.65. The summed E-state index contributed by atoms with van der Waals surface area (Å²) in [6.45, 7) is 0. The van der Waals surface area contributed by atoms with Crippen molar-refractivity contribution >= 4 is 34.7 Å². The van der Waals surface area contributed by atoms with Crippen LogP contribution in [0.1, 0.15) is 15.9 Å². The molecule has 2 aromatic carbocycles. The molecule has 0 saturated heterocycles. The molecule has 96 valence electrons. The Morgan fingerprint density at radius 3 is 2.75 bits per heavy atom. The number of isothiocyanates is 1. The summed E-state index contributed by atoms with van der Waals surface area (Å²) in [5.74, 6) is 2.28. The molecule has 0 aliphatic rings. The summed E-state index contributed by atoms with van der Waals surface area (Å²) < 4.78 is 0. The van der Waals surface area contributed by atoms with Crippen molar-refractivity contribution in [3.8, 4) is 12.3 Å². The van der Waals surface area contributed by atoms with Crippen LogP contribution in [0.25, 0.3) is 0 Å². The minimum Gasteiger partial charge on any atom is -0.322 e. The number of terminal acetylenes is 1. The third kappa shape index (κ3) is 3.39. The Labute approximate surface area is 122 Å². The number of hydrogen-bond donors (Lipinski definition) is 1. The lowest BCUT2D eigenvalue weighted by Crippen LogP contribution is -2.11. The third-order valence-corrected chi connectivity index (χ3v) is 2.66. The smallest absolute Gasteiger partial charge is 0.255 e. The maximum absolute atomic E-state index is 12.1. The van der Waals surface area contributed by atoms with Crippen LogP contribution in [0.5, 0.6) is 0 Å². The van der Waals surface area contributed by atoms with E-state index in [1.807, 2.05) is 0 Å². The van der Waals surface area contributed by atoms with Gasteiger partial charge >= 0.3 is 0 Å². The summed E-state index contributed by atoms with van der Waals surface area (Å²) in [7, 11) is 0. The van der Waals surface area contributed by atoms with E-state index in [9.17, 15) is 4.79 Å². The molecule has 20 heavy (non-hydrogen) atoms. The Bertz CT molecular complexity index is 740. The standard InChI is InChI=1S/C16H10N2OS/c1-2-12-5-3-8-15(9-12)18-16(19)13-6-4-7-14(10-13)17-11-20/h1,3-10H,(H,18,19). The highest BCUT2D eigenvalue weighted by Gasteiger charge is 2.06. The molecule has 4 heteroatoms. The molecule has 0 radical (unpaired) electrons. The van der Waals surface area contributed by atoms with Gasteiger partial charge < -0.3 is 5.32 Å². The topological polar surface area (TPSA) is 41.5 Å². The van der Waals surface area contributed by atoms with Gasteiger partial charge in [0.2, 0.25) is 0 Å². The lowest BCUT2D eigenvalue weighted by Gasteiger charge is -2.06. The van der Waals surface area contributed by atoms with Crippen LogP contribution in [0, 0.1) is 12.3 Å². The van der Waals surface area contributed by atoms with E-state index in [0.29, 0.717) is 22.5 Å². The number of hydrogen-bond acceptors (Lipinski definition) is 3. The zero-order valence-corrected chi connectivity index (χ0v) is 11.3. The molecule has 0 heterocycles. The molecule has 0 fully saturated rings. The van der Waals surface area contributed by atoms with Gasteiger partial charge in [-0.2, -0.15) is 4.99 Å². The van der Waals surface area contributed by atoms with Crippen molar-refractivity contribution in [2.75, 3.05) is 5.32 Å². The molecule has 0 aliphatic carbocycles. The largest absolute Gasteiger partial charge is 0.322 e. The lowest BCUT2D eigenvalue weighted by molar-refractivity contribution is 0.102. The first-order chi connectivity index (χ1) is 9.72. The first-order valence-electron chi connectivity index (χ1n) is 5.79. The minimum atomic E-state index is -0.236. The van der Waals surface area contributed by atoms with Crippen LogP contribution in [0.15, 0.2) is 53.5 Å². The molecule has 0 aliphatic heterocycles. The molecule has 0 spiro atoms. The Hall–Kier alpha value is -2.73. The Morgan fingerprint density at radius 1 is 1.20 bits per heavy atom. The quantitative estimate of drug-likeness (QED) is 0.529. The van der Waals surface area contributed by atoms with Crippen LogP contribution in [0.2, 0.25) is 0 Å². The Kier molecular flexibility index (Phi) is 4.41. The van der Waals surface area contributed by atoms with Crippen LogP contribution in [-0.2, 0) is 0 Å². The molecular weight excluding hydrogens is 268 g/mol. The molecular formula is C16H10N2OS. The van der Waals surface area contributed by atoms with Gasteiger partial charge in [-0.15, -0.1) is 6.42 Å². The van der Waals surface area contributed by atoms with E-state index in [1.165, 1.54) is 0 Å². The van der Waals surface area contributed by atoms with Gasteiger partial charge in [0.15, 0.2) is 0 Å². The monoisotopic (exact) mass is 278 g/mol. The summed E-state index contributed by atoms with van der Waals surface area (Å²) in [6, 6.07) is 13.9. The second-order valence-electron chi connectivity index (χ2n) is 3.93. The number of thiocarbonyl (C=S) groups is 1. The van der Waals surface area contributed by atoms with Gasteiger partial charge in [0.05, 0.1) is 10.8 Å². The first-order valence-corrected chi connectivity index (χ1v) is 6.20. The van der Waals surface area contributed by atoms with Crippen molar-refractivity contribution in [3.63, 3.8) is 0 Å². The van der Waals surface area contributed by atoms with Gasteiger partial charge in [-0.25, -0.2) is 0 Å². The predicted molar refractivity (Wildman–Crippen MR) is 83.5 cm³/mol. The SMILES string of the molecule is C#Cc1cccc(NC(=O)c2cccc(N=C=S)c2)c1. The van der Waals surface area contributed by atoms with E-state index in [2.05, 4.69) is 33.6 Å². The summed E-state index contributed by atoms with van der Waals surface area (Å²) in [5, 5.41) is 5.05. The van der Waals surface area contributed by atoms with Crippen molar-refractivity contribution in [1.82, 2.24) is 0 Å². The normalized spacial score (nSPS) is 9.15. The number of aliphatic imine (C=N–C) groups is 1. The molecule has 1 amide bonds. The maximum atomic E-state index is 12.1. The fraction of sp³-hybridized carbons (Fsp3) is 0. The van der Waals surface area contributed by atoms with Gasteiger partial charge in [-0.1, -0.05) is 18.1 Å². The molecule has 0 aromatic heterocycles. The average Bonchev–Trinajstić information content (AvgIpc) is 2.48. The fourth-order valence-corrected chi connectivity index (χ4v) is 1.76. The molecule has 0 saturated carbocycles. The zero-order chi connectivity index (χ0) is 14.4. The van der Waals surface area contributed by atoms with Crippen LogP contribution >= 0.6 is 12.2 Å². The summed E-state index contributed by atoms with van der Waals surface area (Å²) >= 11 is 4.54. The number of carbonyl (C=O) groups is 1. The Balaban J connectivity index is 2.21. The van der Waals surface area contributed by atoms with Crippen LogP contribution in [0.4, 0.5) is 11.4 Å². The van der Waals surface area contributed by atoms with Gasteiger partial charge in [-0.3, -0.25) is 4.79 Å². The van der Waals surface area contributed by atoms with Gasteiger partial charge in [0, 0.05) is 16.8 Å². The maximum Gasteiger partial charge on any atom is 0.255 e. The van der Waals surface area contributed by atoms with E-state index in [0.717, 1.165) is 0 Å². The fourth-order valence-electron chi connectivity index (χ4n) is 1.66. The van der Waals surface area contributed by atoms with Crippen molar-refractivity contribution in [2.24, 2.45) is 4.99 Å². The van der Waals surface area contributed by atoms with E-state index in [1.54, 1.807) is 48.5 Å². The van der Waals surface area contributed by atoms with Gasteiger partial charge in [0.25, 0.3) is 5.91 Å². The second kappa shape index (κ2) is 6.44. The summed E-state index contributed by atoms with van der Waals surface area (Å²) in [6.07, 6.45) is 5.32. The summed E-state index contributed by atoms with van der Waals surface area (Å²) in [5.41, 5.74) is 2.43. The molecule has 1 N–H and O–H groups in total. The van der Waals surface area contributed by atoms with Gasteiger partial charge in [0.1, 0.15) is 0 Å². The number of rotatable bonds is 3. The molecule has 3 nitrogen and oxygen atoms in total. The third-order valence-electron chi connectivity index (χ3n) is 2.57. The van der Waals surface area contributed by atoms with E-state index < -0.39 is 0 Å². The lowest BCUT2D eigenvalue weighted by atomic mass is 10.1. The minimum absolute atomic E-state index is 0.236. The van der Waals surface area contributed by atoms with Crippen molar-refractivity contribution < 1.29 is 4.79 Å².